The summed E-state index contributed by atoms with van der Waals surface area (Å²) in [6.45, 7) is 3.01. The highest BCUT2D eigenvalue weighted by Crippen LogP contribution is 2.35. The van der Waals surface area contributed by atoms with Gasteiger partial charge in [0.15, 0.2) is 0 Å². The van der Waals surface area contributed by atoms with E-state index in [4.69, 9.17) is 23.2 Å². The van der Waals surface area contributed by atoms with E-state index in [0.29, 0.717) is 10.0 Å². The molecule has 0 saturated heterocycles. The molecule has 0 amide bonds. The van der Waals surface area contributed by atoms with Crippen LogP contribution in [0, 0.1) is 6.92 Å². The normalized spacial score (nSPS) is 14.6. The SMILES string of the molecule is Cc1ccc(CNC2CC2)cc1-c1cccc(Cl)c1Cl. The van der Waals surface area contributed by atoms with Crippen LogP contribution in [0.5, 0.6) is 0 Å². The van der Waals surface area contributed by atoms with Gasteiger partial charge in [-0.2, -0.15) is 0 Å². The van der Waals surface area contributed by atoms with E-state index in [0.717, 1.165) is 23.7 Å². The molecule has 1 saturated carbocycles. The van der Waals surface area contributed by atoms with E-state index in [9.17, 15) is 0 Å². The van der Waals surface area contributed by atoms with Crippen molar-refractivity contribution in [3.8, 4) is 11.1 Å². The molecule has 1 nitrogen and oxygen atoms in total. The topological polar surface area (TPSA) is 12.0 Å². The Morgan fingerprint density at radius 2 is 1.90 bits per heavy atom. The van der Waals surface area contributed by atoms with E-state index in [-0.39, 0.29) is 0 Å². The van der Waals surface area contributed by atoms with Crippen LogP contribution in [-0.4, -0.2) is 6.04 Å². The summed E-state index contributed by atoms with van der Waals surface area (Å²) < 4.78 is 0. The Bertz CT molecular complexity index is 633. The van der Waals surface area contributed by atoms with E-state index in [1.54, 1.807) is 0 Å². The molecule has 20 heavy (non-hydrogen) atoms. The van der Waals surface area contributed by atoms with Gasteiger partial charge in [-0.3, -0.25) is 0 Å². The Morgan fingerprint density at radius 1 is 1.10 bits per heavy atom. The van der Waals surface area contributed by atoms with Crippen molar-refractivity contribution in [1.82, 2.24) is 5.32 Å². The molecule has 1 aliphatic carbocycles. The molecule has 0 unspecified atom stereocenters. The number of rotatable bonds is 4. The van der Waals surface area contributed by atoms with Crippen LogP contribution in [0.1, 0.15) is 24.0 Å². The van der Waals surface area contributed by atoms with E-state index in [1.165, 1.54) is 24.0 Å². The Balaban J connectivity index is 1.94. The van der Waals surface area contributed by atoms with Crippen molar-refractivity contribution in [2.24, 2.45) is 0 Å². The number of halogens is 2. The first kappa shape index (κ1) is 13.9. The Hall–Kier alpha value is -1.02. The fourth-order valence-electron chi connectivity index (χ4n) is 2.33. The zero-order valence-electron chi connectivity index (χ0n) is 11.4. The van der Waals surface area contributed by atoms with E-state index in [1.807, 2.05) is 18.2 Å². The first-order chi connectivity index (χ1) is 9.65. The minimum Gasteiger partial charge on any atom is -0.310 e. The highest BCUT2D eigenvalue weighted by Gasteiger charge is 2.20. The second kappa shape index (κ2) is 5.77. The second-order valence-electron chi connectivity index (χ2n) is 5.41. The fraction of sp³-hybridized carbons (Fsp3) is 0.294. The Kier molecular flexibility index (Phi) is 4.02. The molecule has 2 aromatic rings. The lowest BCUT2D eigenvalue weighted by Gasteiger charge is -2.12. The van der Waals surface area contributed by atoms with Gasteiger partial charge in [-0.15, -0.1) is 0 Å². The van der Waals surface area contributed by atoms with Crippen LogP contribution in [-0.2, 0) is 6.54 Å². The van der Waals surface area contributed by atoms with Crippen LogP contribution in [0.2, 0.25) is 10.0 Å². The number of nitrogens with one attached hydrogen (secondary N) is 1. The zero-order valence-corrected chi connectivity index (χ0v) is 12.9. The van der Waals surface area contributed by atoms with Crippen molar-refractivity contribution in [2.45, 2.75) is 32.4 Å². The quantitative estimate of drug-likeness (QED) is 0.816. The number of aryl methyl sites for hydroxylation is 1. The molecule has 1 aliphatic rings. The van der Waals surface area contributed by atoms with E-state index in [2.05, 4.69) is 30.4 Å². The first-order valence-electron chi connectivity index (χ1n) is 6.92. The summed E-state index contributed by atoms with van der Waals surface area (Å²) in [6.07, 6.45) is 2.61. The van der Waals surface area contributed by atoms with Crippen LogP contribution in [0.25, 0.3) is 11.1 Å². The summed E-state index contributed by atoms with van der Waals surface area (Å²) in [5, 5.41) is 4.77. The molecule has 1 fully saturated rings. The molecule has 0 aliphatic heterocycles. The van der Waals surface area contributed by atoms with Crippen molar-refractivity contribution in [3.05, 3.63) is 57.6 Å². The molecule has 0 spiro atoms. The molecule has 3 heteroatoms. The van der Waals surface area contributed by atoms with Gasteiger partial charge >= 0.3 is 0 Å². The highest BCUT2D eigenvalue weighted by atomic mass is 35.5. The average Bonchev–Trinajstić information content (AvgIpc) is 3.25. The standard InChI is InChI=1S/C17H17Cl2N/c1-11-5-6-12(10-20-13-7-8-13)9-15(11)14-3-2-4-16(18)17(14)19/h2-6,9,13,20H,7-8,10H2,1H3. The van der Waals surface area contributed by atoms with Gasteiger partial charge in [0.2, 0.25) is 0 Å². The molecule has 1 N–H and O–H groups in total. The van der Waals surface area contributed by atoms with Crippen molar-refractivity contribution < 1.29 is 0 Å². The summed E-state index contributed by atoms with van der Waals surface area (Å²) in [7, 11) is 0. The minimum atomic E-state index is 0.602. The summed E-state index contributed by atoms with van der Waals surface area (Å²) in [6, 6.07) is 13.0. The highest BCUT2D eigenvalue weighted by molar-refractivity contribution is 6.43. The van der Waals surface area contributed by atoms with Gasteiger partial charge in [0.25, 0.3) is 0 Å². The second-order valence-corrected chi connectivity index (χ2v) is 6.19. The third-order valence-electron chi connectivity index (χ3n) is 3.72. The molecule has 0 radical (unpaired) electrons. The van der Waals surface area contributed by atoms with Gasteiger partial charge in [-0.05, 0) is 48.6 Å². The maximum Gasteiger partial charge on any atom is 0.0670 e. The van der Waals surface area contributed by atoms with Crippen LogP contribution >= 0.6 is 23.2 Å². The molecule has 0 bridgehead atoms. The monoisotopic (exact) mass is 305 g/mol. The van der Waals surface area contributed by atoms with E-state index < -0.39 is 0 Å². The lowest BCUT2D eigenvalue weighted by molar-refractivity contribution is 0.688. The smallest absolute Gasteiger partial charge is 0.0670 e. The van der Waals surface area contributed by atoms with Gasteiger partial charge in [0.05, 0.1) is 10.0 Å². The van der Waals surface area contributed by atoms with Crippen LogP contribution < -0.4 is 5.32 Å². The first-order valence-corrected chi connectivity index (χ1v) is 7.68. The van der Waals surface area contributed by atoms with Gasteiger partial charge in [-0.1, -0.05) is 47.5 Å². The van der Waals surface area contributed by atoms with Crippen molar-refractivity contribution in [3.63, 3.8) is 0 Å². The molecule has 3 rings (SSSR count). The van der Waals surface area contributed by atoms with Crippen LogP contribution in [0.3, 0.4) is 0 Å². The lowest BCUT2D eigenvalue weighted by Crippen LogP contribution is -2.15. The van der Waals surface area contributed by atoms with Crippen molar-refractivity contribution >= 4 is 23.2 Å². The summed E-state index contributed by atoms with van der Waals surface area (Å²) in [5.74, 6) is 0. The summed E-state index contributed by atoms with van der Waals surface area (Å²) in [5.41, 5.74) is 4.66. The molecule has 104 valence electrons. The predicted octanol–water partition coefficient (Wildman–Crippen LogP) is 5.22. The van der Waals surface area contributed by atoms with Gasteiger partial charge in [-0.25, -0.2) is 0 Å². The zero-order chi connectivity index (χ0) is 14.1. The molecule has 2 aromatic carbocycles. The van der Waals surface area contributed by atoms with Crippen molar-refractivity contribution in [1.29, 1.82) is 0 Å². The number of benzene rings is 2. The Morgan fingerprint density at radius 3 is 2.65 bits per heavy atom. The van der Waals surface area contributed by atoms with Gasteiger partial charge in [0.1, 0.15) is 0 Å². The average molecular weight is 306 g/mol. The number of hydrogen-bond acceptors (Lipinski definition) is 1. The van der Waals surface area contributed by atoms with Gasteiger partial charge < -0.3 is 5.32 Å². The summed E-state index contributed by atoms with van der Waals surface area (Å²) >= 11 is 12.5. The minimum absolute atomic E-state index is 0.602. The number of hydrogen-bond donors (Lipinski definition) is 1. The molecular formula is C17H17Cl2N. The van der Waals surface area contributed by atoms with Crippen molar-refractivity contribution in [2.75, 3.05) is 0 Å². The third-order valence-corrected chi connectivity index (χ3v) is 4.53. The molecule has 0 aromatic heterocycles. The molecule has 0 heterocycles. The predicted molar refractivity (Wildman–Crippen MR) is 86.5 cm³/mol. The summed E-state index contributed by atoms with van der Waals surface area (Å²) in [4.78, 5) is 0. The Labute approximate surface area is 129 Å². The molecule has 0 atom stereocenters. The maximum atomic E-state index is 6.34. The van der Waals surface area contributed by atoms with Gasteiger partial charge in [0, 0.05) is 18.2 Å². The van der Waals surface area contributed by atoms with Crippen LogP contribution in [0.4, 0.5) is 0 Å². The maximum absolute atomic E-state index is 6.34. The van der Waals surface area contributed by atoms with E-state index >= 15 is 0 Å². The fourth-order valence-corrected chi connectivity index (χ4v) is 2.73. The van der Waals surface area contributed by atoms with Crippen LogP contribution in [0.15, 0.2) is 36.4 Å². The lowest BCUT2D eigenvalue weighted by atomic mass is 9.98. The molecular weight excluding hydrogens is 289 g/mol. The third kappa shape index (κ3) is 3.01. The largest absolute Gasteiger partial charge is 0.310 e.